The van der Waals surface area contributed by atoms with E-state index < -0.39 is 57.8 Å². The molecule has 8 nitrogen and oxygen atoms in total. The van der Waals surface area contributed by atoms with Crippen molar-refractivity contribution in [2.45, 2.75) is 64.1 Å². The first-order valence-corrected chi connectivity index (χ1v) is 11.5. The maximum atomic E-state index is 14.1. The van der Waals surface area contributed by atoms with Crippen molar-refractivity contribution >= 4 is 23.4 Å². The summed E-state index contributed by atoms with van der Waals surface area (Å²) in [6.07, 6.45) is 5.26. The van der Waals surface area contributed by atoms with Crippen molar-refractivity contribution < 1.29 is 36.3 Å². The lowest BCUT2D eigenvalue weighted by molar-refractivity contribution is -0.133. The molecule has 1 unspecified atom stereocenters. The fourth-order valence-electron chi connectivity index (χ4n) is 4.73. The average molecular weight is 513 g/mol. The topological polar surface area (TPSA) is 96.3 Å². The van der Waals surface area contributed by atoms with E-state index in [1.54, 1.807) is 19.2 Å². The minimum absolute atomic E-state index is 0.000260. The fourth-order valence-corrected chi connectivity index (χ4v) is 4.73. The van der Waals surface area contributed by atoms with E-state index in [4.69, 9.17) is 0 Å². The summed E-state index contributed by atoms with van der Waals surface area (Å²) in [5.74, 6) is -13.7. The summed E-state index contributed by atoms with van der Waals surface area (Å²) in [5.41, 5.74) is -3.72. The van der Waals surface area contributed by atoms with Crippen LogP contribution in [-0.2, 0) is 11.3 Å². The van der Waals surface area contributed by atoms with Crippen LogP contribution in [0.2, 0.25) is 0 Å². The number of anilines is 1. The molecule has 3 amide bonds. The Labute approximate surface area is 202 Å². The quantitative estimate of drug-likeness (QED) is 0.351. The molecule has 1 aliphatic heterocycles. The van der Waals surface area contributed by atoms with Gasteiger partial charge in [0.2, 0.25) is 11.7 Å². The first-order valence-electron chi connectivity index (χ1n) is 11.5. The number of imidazole rings is 1. The molecule has 2 aromatic rings. The second kappa shape index (κ2) is 9.51. The number of carbonyl (C=O) groups excluding carboxylic acids is 3. The third-order valence-corrected chi connectivity index (χ3v) is 6.65. The molecular weight excluding hydrogens is 489 g/mol. The molecule has 2 aliphatic rings. The van der Waals surface area contributed by atoms with Gasteiger partial charge in [0, 0.05) is 12.6 Å². The maximum Gasteiger partial charge on any atom is 0.276 e. The lowest BCUT2D eigenvalue weighted by Crippen LogP contribution is -2.65. The Kier molecular flexibility index (Phi) is 6.76. The summed E-state index contributed by atoms with van der Waals surface area (Å²) in [6.45, 7) is 3.50. The first-order chi connectivity index (χ1) is 17.0. The Hall–Kier alpha value is -3.51. The van der Waals surface area contributed by atoms with Crippen LogP contribution in [0.5, 0.6) is 0 Å². The number of hydrogen-bond acceptors (Lipinski definition) is 4. The van der Waals surface area contributed by atoms with Crippen LogP contribution < -0.4 is 10.6 Å². The SMILES string of the molecule is CCCN1C(=O)c2c(C(=O)Nc3c(F)c(F)c(F)c(F)c3F)ncn2CC1(C)C(=O)NC1CCCC1. The zero-order chi connectivity index (χ0) is 26.4. The average Bonchev–Trinajstić information content (AvgIpc) is 3.51. The van der Waals surface area contributed by atoms with Crippen molar-refractivity contribution in [3.63, 3.8) is 0 Å². The molecule has 0 saturated heterocycles. The number of nitrogens with zero attached hydrogens (tertiary/aromatic N) is 3. The van der Waals surface area contributed by atoms with Gasteiger partial charge in [-0.25, -0.2) is 26.9 Å². The lowest BCUT2D eigenvalue weighted by Gasteiger charge is -2.44. The molecule has 1 aliphatic carbocycles. The van der Waals surface area contributed by atoms with Crippen LogP contribution in [0.15, 0.2) is 6.33 Å². The van der Waals surface area contributed by atoms with Crippen molar-refractivity contribution in [1.82, 2.24) is 19.8 Å². The van der Waals surface area contributed by atoms with Gasteiger partial charge in [0.25, 0.3) is 11.8 Å². The Morgan fingerprint density at radius 3 is 2.22 bits per heavy atom. The molecule has 194 valence electrons. The van der Waals surface area contributed by atoms with Crippen LogP contribution >= 0.6 is 0 Å². The van der Waals surface area contributed by atoms with Crippen LogP contribution in [0.4, 0.5) is 27.6 Å². The van der Waals surface area contributed by atoms with Gasteiger partial charge in [-0.3, -0.25) is 14.4 Å². The minimum atomic E-state index is -2.37. The molecule has 1 saturated carbocycles. The van der Waals surface area contributed by atoms with Gasteiger partial charge < -0.3 is 20.1 Å². The predicted octanol–water partition coefficient (Wildman–Crippen LogP) is 3.51. The molecule has 36 heavy (non-hydrogen) atoms. The molecule has 1 aromatic heterocycles. The van der Waals surface area contributed by atoms with E-state index in [9.17, 15) is 36.3 Å². The van der Waals surface area contributed by atoms with Crippen molar-refractivity contribution in [2.75, 3.05) is 11.9 Å². The molecule has 4 rings (SSSR count). The number of halogens is 5. The van der Waals surface area contributed by atoms with E-state index in [0.717, 1.165) is 32.0 Å². The van der Waals surface area contributed by atoms with Gasteiger partial charge >= 0.3 is 0 Å². The lowest BCUT2D eigenvalue weighted by atomic mass is 9.93. The molecule has 0 bridgehead atoms. The summed E-state index contributed by atoms with van der Waals surface area (Å²) >= 11 is 0. The third-order valence-electron chi connectivity index (χ3n) is 6.65. The molecule has 0 spiro atoms. The number of fused-ring (bicyclic) bond motifs is 1. The Bertz CT molecular complexity index is 1210. The maximum absolute atomic E-state index is 14.1. The molecule has 1 aromatic carbocycles. The third kappa shape index (κ3) is 4.09. The van der Waals surface area contributed by atoms with Gasteiger partial charge in [0.15, 0.2) is 29.0 Å². The Morgan fingerprint density at radius 2 is 1.64 bits per heavy atom. The van der Waals surface area contributed by atoms with Crippen LogP contribution in [0.25, 0.3) is 0 Å². The Morgan fingerprint density at radius 1 is 1.06 bits per heavy atom. The molecule has 2 N–H and O–H groups in total. The van der Waals surface area contributed by atoms with E-state index in [2.05, 4.69) is 10.3 Å². The molecule has 2 heterocycles. The molecule has 13 heteroatoms. The van der Waals surface area contributed by atoms with Crippen molar-refractivity contribution in [3.8, 4) is 0 Å². The van der Waals surface area contributed by atoms with Crippen LogP contribution in [0.1, 0.15) is 66.9 Å². The number of amides is 3. The standard InChI is InChI=1S/C23H24F5N5O3/c1-3-8-33-21(35)19-18(20(34)31-17-15(27)13(25)12(24)14(26)16(17)28)29-10-32(19)9-23(33,2)22(36)30-11-6-4-5-7-11/h10-11H,3-9H2,1-2H3,(H,30,36)(H,31,34). The van der Waals surface area contributed by atoms with Gasteiger partial charge in [-0.2, -0.15) is 0 Å². The van der Waals surface area contributed by atoms with E-state index >= 15 is 0 Å². The number of carbonyl (C=O) groups is 3. The van der Waals surface area contributed by atoms with Gasteiger partial charge in [0.05, 0.1) is 12.9 Å². The smallest absolute Gasteiger partial charge is 0.276 e. The second-order valence-corrected chi connectivity index (χ2v) is 9.15. The van der Waals surface area contributed by atoms with Crippen LogP contribution in [0, 0.1) is 29.1 Å². The highest BCUT2D eigenvalue weighted by atomic mass is 19.2. The molecular formula is C23H24F5N5O3. The van der Waals surface area contributed by atoms with Crippen molar-refractivity contribution in [1.29, 1.82) is 0 Å². The van der Waals surface area contributed by atoms with Gasteiger partial charge in [0.1, 0.15) is 16.9 Å². The summed E-state index contributed by atoms with van der Waals surface area (Å²) in [4.78, 5) is 44.7. The van der Waals surface area contributed by atoms with E-state index in [1.165, 1.54) is 9.47 Å². The zero-order valence-electron chi connectivity index (χ0n) is 19.6. The summed E-state index contributed by atoms with van der Waals surface area (Å²) in [6, 6.07) is -0.000260. The van der Waals surface area contributed by atoms with E-state index in [0.29, 0.717) is 6.42 Å². The minimum Gasteiger partial charge on any atom is -0.351 e. The normalized spacial score (nSPS) is 20.0. The monoisotopic (exact) mass is 513 g/mol. The van der Waals surface area contributed by atoms with Crippen molar-refractivity contribution in [2.24, 2.45) is 0 Å². The number of benzene rings is 1. The van der Waals surface area contributed by atoms with Crippen LogP contribution in [0.3, 0.4) is 0 Å². The number of aromatic nitrogens is 2. The van der Waals surface area contributed by atoms with E-state index in [1.807, 2.05) is 0 Å². The predicted molar refractivity (Wildman–Crippen MR) is 117 cm³/mol. The summed E-state index contributed by atoms with van der Waals surface area (Å²) in [5, 5.41) is 4.63. The highest BCUT2D eigenvalue weighted by Crippen LogP contribution is 2.32. The molecule has 1 fully saturated rings. The van der Waals surface area contributed by atoms with Gasteiger partial charge in [-0.05, 0) is 26.2 Å². The summed E-state index contributed by atoms with van der Waals surface area (Å²) in [7, 11) is 0. The highest BCUT2D eigenvalue weighted by molar-refractivity contribution is 6.11. The van der Waals surface area contributed by atoms with Crippen molar-refractivity contribution in [3.05, 3.63) is 46.8 Å². The summed E-state index contributed by atoms with van der Waals surface area (Å²) < 4.78 is 69.8. The second-order valence-electron chi connectivity index (χ2n) is 9.15. The fraction of sp³-hybridized carbons (Fsp3) is 0.478. The highest BCUT2D eigenvalue weighted by Gasteiger charge is 2.49. The largest absolute Gasteiger partial charge is 0.351 e. The van der Waals surface area contributed by atoms with Gasteiger partial charge in [-0.1, -0.05) is 19.8 Å². The van der Waals surface area contributed by atoms with E-state index in [-0.39, 0.29) is 30.7 Å². The molecule has 0 radical (unpaired) electrons. The van der Waals surface area contributed by atoms with Gasteiger partial charge in [-0.15, -0.1) is 0 Å². The molecule has 1 atom stereocenters. The number of rotatable bonds is 6. The number of hydrogen-bond donors (Lipinski definition) is 2. The van der Waals surface area contributed by atoms with Crippen LogP contribution in [-0.4, -0.2) is 50.3 Å². The number of nitrogens with one attached hydrogen (secondary N) is 2. The first kappa shape index (κ1) is 25.6. The Balaban J connectivity index is 1.67. The zero-order valence-corrected chi connectivity index (χ0v) is 19.6.